The molecule has 1 aromatic carbocycles. The first-order valence-electron chi connectivity index (χ1n) is 3.79. The Morgan fingerprint density at radius 2 is 2.00 bits per heavy atom. The summed E-state index contributed by atoms with van der Waals surface area (Å²) in [6.45, 7) is 2.11. The van der Waals surface area contributed by atoms with Crippen LogP contribution in [-0.2, 0) is 0 Å². The molecule has 0 fully saturated rings. The second kappa shape index (κ2) is 3.83. The Morgan fingerprint density at radius 3 is 2.55 bits per heavy atom. The quantitative estimate of drug-likeness (QED) is 0.558. The standard InChI is InChI=1S/C11H11/c1-3-7-10(2)11-8-5-4-6-9-11/h4-6,8-10H,7H2,2H3. The fourth-order valence-electron chi connectivity index (χ4n) is 1.05. The molecule has 0 aromatic heterocycles. The van der Waals surface area contributed by atoms with E-state index < -0.39 is 0 Å². The topological polar surface area (TPSA) is 0 Å². The lowest BCUT2D eigenvalue weighted by molar-refractivity contribution is 0.795. The first-order chi connectivity index (χ1) is 5.34. The molecule has 0 spiro atoms. The Bertz CT molecular complexity index is 240. The first kappa shape index (κ1) is 7.88. The molecule has 1 atom stereocenters. The maximum atomic E-state index is 6.83. The van der Waals surface area contributed by atoms with Crippen molar-refractivity contribution in [1.29, 1.82) is 0 Å². The van der Waals surface area contributed by atoms with Gasteiger partial charge in [0.1, 0.15) is 0 Å². The van der Waals surface area contributed by atoms with Crippen LogP contribution in [0, 0.1) is 12.3 Å². The van der Waals surface area contributed by atoms with E-state index in [1.165, 1.54) is 5.56 Å². The van der Waals surface area contributed by atoms with Gasteiger partial charge in [0.2, 0.25) is 0 Å². The predicted octanol–water partition coefficient (Wildman–Crippen LogP) is 2.77. The zero-order chi connectivity index (χ0) is 8.10. The average molecular weight is 143 g/mol. The van der Waals surface area contributed by atoms with Crippen molar-refractivity contribution in [3.63, 3.8) is 0 Å². The Labute approximate surface area is 68.3 Å². The Hall–Kier alpha value is -1.22. The van der Waals surface area contributed by atoms with Crippen LogP contribution in [0.25, 0.3) is 0 Å². The van der Waals surface area contributed by atoms with Gasteiger partial charge in [-0.05, 0) is 17.9 Å². The monoisotopic (exact) mass is 143 g/mol. The minimum absolute atomic E-state index is 0.425. The summed E-state index contributed by atoms with van der Waals surface area (Å²) in [5.41, 5.74) is 1.28. The summed E-state index contributed by atoms with van der Waals surface area (Å²) in [7, 11) is 0. The molecule has 55 valence electrons. The van der Waals surface area contributed by atoms with Crippen LogP contribution in [0.4, 0.5) is 0 Å². The van der Waals surface area contributed by atoms with Crippen LogP contribution >= 0.6 is 0 Å². The van der Waals surface area contributed by atoms with Crippen LogP contribution in [0.5, 0.6) is 0 Å². The molecule has 0 N–H and O–H groups in total. The van der Waals surface area contributed by atoms with Crippen molar-refractivity contribution in [3.05, 3.63) is 42.3 Å². The highest BCUT2D eigenvalue weighted by Gasteiger charge is 2.00. The van der Waals surface area contributed by atoms with E-state index in [0.717, 1.165) is 0 Å². The molecule has 11 heavy (non-hydrogen) atoms. The third kappa shape index (κ3) is 2.13. The second-order valence-corrected chi connectivity index (χ2v) is 2.69. The van der Waals surface area contributed by atoms with Crippen molar-refractivity contribution in [1.82, 2.24) is 0 Å². The van der Waals surface area contributed by atoms with E-state index in [0.29, 0.717) is 12.3 Å². The van der Waals surface area contributed by atoms with Gasteiger partial charge in [0.25, 0.3) is 0 Å². The number of hydrogen-bond acceptors (Lipinski definition) is 0. The normalized spacial score (nSPS) is 12.0. The zero-order valence-electron chi connectivity index (χ0n) is 6.67. The van der Waals surface area contributed by atoms with E-state index in [4.69, 9.17) is 6.42 Å². The molecule has 1 radical (unpaired) electrons. The van der Waals surface area contributed by atoms with Gasteiger partial charge in [-0.2, -0.15) is 0 Å². The van der Waals surface area contributed by atoms with Crippen LogP contribution < -0.4 is 0 Å². The minimum atomic E-state index is 0.425. The molecule has 1 rings (SSSR count). The summed E-state index contributed by atoms with van der Waals surface area (Å²) in [6.07, 6.45) is 7.54. The van der Waals surface area contributed by atoms with E-state index in [1.54, 1.807) is 0 Å². The molecule has 0 saturated carbocycles. The predicted molar refractivity (Wildman–Crippen MR) is 46.6 cm³/mol. The molecule has 0 saturated heterocycles. The van der Waals surface area contributed by atoms with Crippen LogP contribution in [0.15, 0.2) is 30.3 Å². The molecule has 0 heteroatoms. The lowest BCUT2D eigenvalue weighted by Gasteiger charge is -2.06. The van der Waals surface area contributed by atoms with Gasteiger partial charge in [0, 0.05) is 6.42 Å². The minimum Gasteiger partial charge on any atom is -0.0885 e. The summed E-state index contributed by atoms with van der Waals surface area (Å²) in [4.78, 5) is 0. The van der Waals surface area contributed by atoms with Crippen LogP contribution in [0.3, 0.4) is 0 Å². The second-order valence-electron chi connectivity index (χ2n) is 2.69. The fourth-order valence-corrected chi connectivity index (χ4v) is 1.05. The third-order valence-corrected chi connectivity index (χ3v) is 1.78. The van der Waals surface area contributed by atoms with Gasteiger partial charge >= 0.3 is 0 Å². The fraction of sp³-hybridized carbons (Fsp3) is 0.273. The maximum Gasteiger partial charge on any atom is 0.0165 e. The van der Waals surface area contributed by atoms with Gasteiger partial charge in [0.15, 0.2) is 0 Å². The van der Waals surface area contributed by atoms with Crippen LogP contribution in [-0.4, -0.2) is 0 Å². The molecule has 0 aliphatic heterocycles. The Kier molecular flexibility index (Phi) is 2.74. The van der Waals surface area contributed by atoms with E-state index in [2.05, 4.69) is 25.0 Å². The molecular weight excluding hydrogens is 132 g/mol. The molecule has 0 heterocycles. The van der Waals surface area contributed by atoms with Gasteiger partial charge in [-0.1, -0.05) is 43.2 Å². The molecule has 0 amide bonds. The van der Waals surface area contributed by atoms with Gasteiger partial charge in [-0.15, -0.1) is 0 Å². The van der Waals surface area contributed by atoms with Gasteiger partial charge in [-0.25, -0.2) is 0 Å². The Balaban J connectivity index is 2.70. The van der Waals surface area contributed by atoms with Crippen molar-refractivity contribution >= 4 is 0 Å². The molecule has 0 aliphatic carbocycles. The Morgan fingerprint density at radius 1 is 1.36 bits per heavy atom. The molecule has 1 aromatic rings. The first-order valence-corrected chi connectivity index (χ1v) is 3.79. The summed E-state index contributed by atoms with van der Waals surface area (Å²) >= 11 is 0. The van der Waals surface area contributed by atoms with Gasteiger partial charge < -0.3 is 0 Å². The highest BCUT2D eigenvalue weighted by atomic mass is 14.0. The highest BCUT2D eigenvalue weighted by molar-refractivity contribution is 5.19. The number of rotatable bonds is 2. The summed E-state index contributed by atoms with van der Waals surface area (Å²) in [6, 6.07) is 10.2. The summed E-state index contributed by atoms with van der Waals surface area (Å²) < 4.78 is 0. The highest BCUT2D eigenvalue weighted by Crippen LogP contribution is 2.16. The van der Waals surface area contributed by atoms with Crippen molar-refractivity contribution in [2.45, 2.75) is 19.3 Å². The molecular formula is C11H11. The largest absolute Gasteiger partial charge is 0.0885 e. The van der Waals surface area contributed by atoms with E-state index in [-0.39, 0.29) is 0 Å². The number of hydrogen-bond donors (Lipinski definition) is 0. The molecule has 0 nitrogen and oxygen atoms in total. The van der Waals surface area contributed by atoms with Crippen LogP contribution in [0.2, 0.25) is 0 Å². The molecule has 0 aliphatic rings. The summed E-state index contributed by atoms with van der Waals surface area (Å²) in [5.74, 6) is 2.84. The lowest BCUT2D eigenvalue weighted by Crippen LogP contribution is -1.90. The number of benzene rings is 1. The third-order valence-electron chi connectivity index (χ3n) is 1.78. The van der Waals surface area contributed by atoms with E-state index in [9.17, 15) is 0 Å². The average Bonchev–Trinajstić information content (AvgIpc) is 2.07. The van der Waals surface area contributed by atoms with Crippen molar-refractivity contribution in [2.24, 2.45) is 0 Å². The smallest absolute Gasteiger partial charge is 0.0165 e. The molecule has 1 unspecified atom stereocenters. The van der Waals surface area contributed by atoms with Crippen molar-refractivity contribution in [3.8, 4) is 5.92 Å². The zero-order valence-corrected chi connectivity index (χ0v) is 6.67. The van der Waals surface area contributed by atoms with Gasteiger partial charge in [0.05, 0.1) is 0 Å². The lowest BCUT2D eigenvalue weighted by atomic mass is 9.99. The SMILES string of the molecule is [C]#CCC(C)c1ccccc1. The van der Waals surface area contributed by atoms with Gasteiger partial charge in [-0.3, -0.25) is 0 Å². The maximum absolute atomic E-state index is 6.83. The summed E-state index contributed by atoms with van der Waals surface area (Å²) in [5, 5.41) is 0. The van der Waals surface area contributed by atoms with E-state index >= 15 is 0 Å². The molecule has 0 bridgehead atoms. The van der Waals surface area contributed by atoms with Crippen LogP contribution in [0.1, 0.15) is 24.8 Å². The van der Waals surface area contributed by atoms with Crippen molar-refractivity contribution < 1.29 is 0 Å². The van der Waals surface area contributed by atoms with E-state index in [1.807, 2.05) is 18.2 Å². The van der Waals surface area contributed by atoms with Crippen molar-refractivity contribution in [2.75, 3.05) is 0 Å².